The van der Waals surface area contributed by atoms with Crippen LogP contribution in [0.1, 0.15) is 0 Å². The fourth-order valence-corrected chi connectivity index (χ4v) is 3.13. The number of sulfone groups is 1. The third-order valence-corrected chi connectivity index (χ3v) is 4.46. The predicted molar refractivity (Wildman–Crippen MR) is 77.2 cm³/mol. The molecule has 0 bridgehead atoms. The molecule has 2 N–H and O–H groups in total. The van der Waals surface area contributed by atoms with Gasteiger partial charge in [0.25, 0.3) is 0 Å². The van der Waals surface area contributed by atoms with Crippen molar-refractivity contribution in [3.63, 3.8) is 0 Å². The normalized spacial score (nSPS) is 14.2. The van der Waals surface area contributed by atoms with Crippen molar-refractivity contribution in [3.05, 3.63) is 18.3 Å². The average Bonchev–Trinajstić information content (AvgIpc) is 2.76. The highest BCUT2D eigenvalue weighted by Gasteiger charge is 2.24. The Kier molecular flexibility index (Phi) is 3.05. The Morgan fingerprint density at radius 3 is 2.33 bits per heavy atom. The van der Waals surface area contributed by atoms with Gasteiger partial charge in [-0.15, -0.1) is 0 Å². The van der Waals surface area contributed by atoms with Crippen molar-refractivity contribution >= 4 is 15.7 Å². The topological polar surface area (TPSA) is 96.4 Å². The number of nitrogens with two attached hydrogens (primary N) is 1. The smallest absolute Gasteiger partial charge is 0.176 e. The molecule has 2 aromatic rings. The molecule has 21 heavy (non-hydrogen) atoms. The van der Waals surface area contributed by atoms with Gasteiger partial charge in [0.05, 0.1) is 11.1 Å². The first-order valence-corrected chi connectivity index (χ1v) is 8.18. The molecule has 1 aromatic heterocycles. The highest BCUT2D eigenvalue weighted by Crippen LogP contribution is 2.40. The van der Waals surface area contributed by atoms with Crippen LogP contribution in [0.4, 0.5) is 5.82 Å². The standard InChI is InChI=1S/C13H15N3O4S/c1-16-13(14)9(7-15-16)8-5-10-11(20-4-3-19-10)6-12(8)21(2,17)18/h5-7H,3-4,14H2,1-2H3. The van der Waals surface area contributed by atoms with Crippen LogP contribution in [0.25, 0.3) is 11.1 Å². The maximum Gasteiger partial charge on any atom is 0.176 e. The molecule has 2 heterocycles. The fraction of sp³-hybridized carbons (Fsp3) is 0.308. The van der Waals surface area contributed by atoms with Crippen LogP contribution < -0.4 is 15.2 Å². The zero-order chi connectivity index (χ0) is 15.2. The summed E-state index contributed by atoms with van der Waals surface area (Å²) < 4.78 is 36.6. The number of hydrogen-bond donors (Lipinski definition) is 1. The van der Waals surface area contributed by atoms with Crippen molar-refractivity contribution in [2.45, 2.75) is 4.90 Å². The van der Waals surface area contributed by atoms with Crippen molar-refractivity contribution in [2.75, 3.05) is 25.2 Å². The summed E-state index contributed by atoms with van der Waals surface area (Å²) in [5, 5.41) is 4.05. The first-order chi connectivity index (χ1) is 9.88. The van der Waals surface area contributed by atoms with Crippen molar-refractivity contribution < 1.29 is 17.9 Å². The Bertz CT molecular complexity index is 811. The van der Waals surface area contributed by atoms with Gasteiger partial charge in [0.1, 0.15) is 19.0 Å². The van der Waals surface area contributed by atoms with E-state index in [1.807, 2.05) is 0 Å². The van der Waals surface area contributed by atoms with E-state index in [0.717, 1.165) is 6.26 Å². The van der Waals surface area contributed by atoms with Crippen LogP contribution in [-0.2, 0) is 16.9 Å². The maximum absolute atomic E-state index is 12.1. The summed E-state index contributed by atoms with van der Waals surface area (Å²) in [5.74, 6) is 1.32. The lowest BCUT2D eigenvalue weighted by Crippen LogP contribution is -2.16. The minimum atomic E-state index is -3.45. The Morgan fingerprint density at radius 1 is 1.19 bits per heavy atom. The van der Waals surface area contributed by atoms with E-state index < -0.39 is 9.84 Å². The van der Waals surface area contributed by atoms with E-state index in [1.54, 1.807) is 13.1 Å². The number of fused-ring (bicyclic) bond motifs is 1. The van der Waals surface area contributed by atoms with Crippen LogP contribution in [0.15, 0.2) is 23.2 Å². The monoisotopic (exact) mass is 309 g/mol. The first-order valence-electron chi connectivity index (χ1n) is 6.29. The van der Waals surface area contributed by atoms with E-state index in [2.05, 4.69) is 5.10 Å². The van der Waals surface area contributed by atoms with Crippen molar-refractivity contribution in [1.29, 1.82) is 0 Å². The number of aryl methyl sites for hydroxylation is 1. The summed E-state index contributed by atoms with van der Waals surface area (Å²) >= 11 is 0. The van der Waals surface area contributed by atoms with Crippen LogP contribution in [-0.4, -0.2) is 37.7 Å². The van der Waals surface area contributed by atoms with Crippen LogP contribution in [0.2, 0.25) is 0 Å². The second-order valence-corrected chi connectivity index (χ2v) is 6.82. The van der Waals surface area contributed by atoms with Crippen molar-refractivity contribution in [3.8, 4) is 22.6 Å². The summed E-state index contributed by atoms with van der Waals surface area (Å²) in [6, 6.07) is 3.11. The molecule has 0 radical (unpaired) electrons. The molecule has 0 spiro atoms. The molecule has 1 aliphatic heterocycles. The molecule has 0 saturated carbocycles. The van der Waals surface area contributed by atoms with Gasteiger partial charge in [0.2, 0.25) is 0 Å². The van der Waals surface area contributed by atoms with E-state index in [-0.39, 0.29) is 4.90 Å². The van der Waals surface area contributed by atoms with E-state index in [9.17, 15) is 8.42 Å². The number of nitrogens with zero attached hydrogens (tertiary/aromatic N) is 2. The predicted octanol–water partition coefficient (Wildman–Crippen LogP) is 0.844. The average molecular weight is 309 g/mol. The summed E-state index contributed by atoms with van der Waals surface area (Å²) in [7, 11) is -1.76. The lowest BCUT2D eigenvalue weighted by Gasteiger charge is -2.20. The fourth-order valence-electron chi connectivity index (χ4n) is 2.24. The van der Waals surface area contributed by atoms with Crippen molar-refractivity contribution in [1.82, 2.24) is 9.78 Å². The molecular formula is C13H15N3O4S. The van der Waals surface area contributed by atoms with Crippen LogP contribution in [0.3, 0.4) is 0 Å². The van der Waals surface area contributed by atoms with Gasteiger partial charge in [0.15, 0.2) is 21.3 Å². The third kappa shape index (κ3) is 2.31. The van der Waals surface area contributed by atoms with Gasteiger partial charge in [-0.05, 0) is 6.07 Å². The number of aromatic nitrogens is 2. The third-order valence-electron chi connectivity index (χ3n) is 3.32. The Hall–Kier alpha value is -2.22. The van der Waals surface area contributed by atoms with Gasteiger partial charge in [0, 0.05) is 30.5 Å². The molecule has 0 saturated heterocycles. The second-order valence-electron chi connectivity index (χ2n) is 4.83. The molecule has 0 atom stereocenters. The second kappa shape index (κ2) is 4.66. The molecule has 0 amide bonds. The Labute approximate surface area is 122 Å². The van der Waals surface area contributed by atoms with E-state index in [0.29, 0.717) is 41.7 Å². The number of anilines is 1. The van der Waals surface area contributed by atoms with Gasteiger partial charge >= 0.3 is 0 Å². The van der Waals surface area contributed by atoms with Gasteiger partial charge in [-0.25, -0.2) is 8.42 Å². The van der Waals surface area contributed by atoms with Crippen LogP contribution >= 0.6 is 0 Å². The molecule has 112 valence electrons. The molecule has 3 rings (SSSR count). The van der Waals surface area contributed by atoms with Crippen molar-refractivity contribution in [2.24, 2.45) is 7.05 Å². The van der Waals surface area contributed by atoms with E-state index in [4.69, 9.17) is 15.2 Å². The highest BCUT2D eigenvalue weighted by atomic mass is 32.2. The van der Waals surface area contributed by atoms with Gasteiger partial charge < -0.3 is 15.2 Å². The summed E-state index contributed by atoms with van der Waals surface area (Å²) in [4.78, 5) is 0.145. The molecule has 7 nitrogen and oxygen atoms in total. The molecule has 1 aromatic carbocycles. The minimum Gasteiger partial charge on any atom is -0.486 e. The zero-order valence-electron chi connectivity index (χ0n) is 11.7. The zero-order valence-corrected chi connectivity index (χ0v) is 12.5. The Morgan fingerprint density at radius 2 is 1.81 bits per heavy atom. The molecule has 0 fully saturated rings. The summed E-state index contributed by atoms with van der Waals surface area (Å²) in [6.45, 7) is 0.817. The number of rotatable bonds is 2. The quantitative estimate of drug-likeness (QED) is 0.883. The van der Waals surface area contributed by atoms with Gasteiger partial charge in [-0.2, -0.15) is 5.10 Å². The molecular weight excluding hydrogens is 294 g/mol. The summed E-state index contributed by atoms with van der Waals surface area (Å²) in [6.07, 6.45) is 2.68. The Balaban J connectivity index is 2.30. The van der Waals surface area contributed by atoms with E-state index >= 15 is 0 Å². The summed E-state index contributed by atoms with van der Waals surface area (Å²) in [5.41, 5.74) is 6.97. The molecule has 8 heteroatoms. The minimum absolute atomic E-state index is 0.145. The maximum atomic E-state index is 12.1. The number of nitrogen functional groups attached to an aromatic ring is 1. The molecule has 0 aliphatic carbocycles. The van der Waals surface area contributed by atoms with Crippen LogP contribution in [0, 0.1) is 0 Å². The molecule has 1 aliphatic rings. The first kappa shape index (κ1) is 13.7. The highest BCUT2D eigenvalue weighted by molar-refractivity contribution is 7.90. The SMILES string of the molecule is Cn1ncc(-c2cc3c(cc2S(C)(=O)=O)OCCO3)c1N. The molecule has 0 unspecified atom stereocenters. The number of ether oxygens (including phenoxy) is 2. The van der Waals surface area contributed by atoms with Gasteiger partial charge in [-0.3, -0.25) is 4.68 Å². The lowest BCUT2D eigenvalue weighted by atomic mass is 10.1. The lowest BCUT2D eigenvalue weighted by molar-refractivity contribution is 0.171. The number of hydrogen-bond acceptors (Lipinski definition) is 6. The largest absolute Gasteiger partial charge is 0.486 e. The number of benzene rings is 1. The van der Waals surface area contributed by atoms with Crippen LogP contribution in [0.5, 0.6) is 11.5 Å². The van der Waals surface area contributed by atoms with Gasteiger partial charge in [-0.1, -0.05) is 0 Å². The van der Waals surface area contributed by atoms with E-state index in [1.165, 1.54) is 16.9 Å².